The van der Waals surface area contributed by atoms with Gasteiger partial charge in [-0.3, -0.25) is 0 Å². The molecule has 0 aromatic carbocycles. The van der Waals surface area contributed by atoms with Gasteiger partial charge in [0.2, 0.25) is 0 Å². The maximum absolute atomic E-state index is 8.88. The summed E-state index contributed by atoms with van der Waals surface area (Å²) in [6.07, 6.45) is -0.0413. The highest BCUT2D eigenvalue weighted by Crippen LogP contribution is 2.29. The number of aliphatic hydroxyl groups excluding tert-OH is 1. The third-order valence-electron chi connectivity index (χ3n) is 2.53. The fourth-order valence-corrected chi connectivity index (χ4v) is 1.36. The van der Waals surface area contributed by atoms with Gasteiger partial charge in [-0.15, -0.1) is 0 Å². The zero-order chi connectivity index (χ0) is 8.43. The van der Waals surface area contributed by atoms with E-state index in [-0.39, 0.29) is 18.7 Å². The van der Waals surface area contributed by atoms with Crippen LogP contribution in [0.25, 0.3) is 0 Å². The minimum atomic E-state index is -0.0413. The quantitative estimate of drug-likeness (QED) is 0.533. The van der Waals surface area contributed by atoms with Crippen LogP contribution < -0.4 is 0 Å². The van der Waals surface area contributed by atoms with Crippen LogP contribution in [0.15, 0.2) is 0 Å². The van der Waals surface area contributed by atoms with Crippen LogP contribution in [0.1, 0.15) is 13.8 Å². The molecule has 0 aromatic rings. The van der Waals surface area contributed by atoms with Gasteiger partial charge in [0.05, 0.1) is 12.7 Å². The Hall–Kier alpha value is -0.0151. The summed E-state index contributed by atoms with van der Waals surface area (Å²) in [4.78, 5) is 0. The lowest BCUT2D eigenvalue weighted by atomic mass is 9.82. The van der Waals surface area contributed by atoms with Crippen LogP contribution >= 0.6 is 0 Å². The second-order valence-electron chi connectivity index (χ2n) is 3.11. The predicted octanol–water partition coefficient (Wildman–Crippen LogP) is -0.391. The van der Waals surface area contributed by atoms with Gasteiger partial charge in [-0.1, -0.05) is 13.8 Å². The van der Waals surface area contributed by atoms with Gasteiger partial charge >= 0.3 is 0 Å². The standard InChI is InChI=1S/C7H15BO2/c1-4-5(2)7(8)10-6(4)3-9/h4-7,9H,3,8H2,1-2H3/t4?,5?,6-,7-/m1/s1/i8D. The van der Waals surface area contributed by atoms with Gasteiger partial charge in [0.25, 0.3) is 0 Å². The highest BCUT2D eigenvalue weighted by Gasteiger charge is 2.35. The molecule has 1 N–H and O–H groups in total. The molecule has 58 valence electrons. The summed E-state index contributed by atoms with van der Waals surface area (Å²) in [6, 6.07) is 0.0298. The van der Waals surface area contributed by atoms with E-state index in [1.807, 2.05) is 0 Å². The van der Waals surface area contributed by atoms with E-state index < -0.39 is 0 Å². The molecule has 1 rings (SSSR count). The first-order valence-electron chi connectivity index (χ1n) is 4.47. The van der Waals surface area contributed by atoms with Crippen LogP contribution in [-0.2, 0) is 4.74 Å². The van der Waals surface area contributed by atoms with Crippen molar-refractivity contribution >= 4 is 7.81 Å². The molecule has 1 aliphatic heterocycles. The first-order chi connectivity index (χ1) is 5.20. The minimum Gasteiger partial charge on any atom is -0.394 e. The Kier molecular flexibility index (Phi) is 1.96. The lowest BCUT2D eigenvalue weighted by molar-refractivity contribution is 0.0286. The number of ether oxygens (including phenoxy) is 1. The zero-order valence-corrected chi connectivity index (χ0v) is 6.58. The second-order valence-corrected chi connectivity index (χ2v) is 3.11. The van der Waals surface area contributed by atoms with Gasteiger partial charge in [0.15, 0.2) is 0 Å². The minimum absolute atomic E-state index is 0.0298. The third kappa shape index (κ3) is 1.20. The lowest BCUT2D eigenvalue weighted by Gasteiger charge is -2.12. The molecule has 2 unspecified atom stereocenters. The van der Waals surface area contributed by atoms with Gasteiger partial charge in [0, 0.05) is 6.00 Å². The molecule has 0 amide bonds. The molecule has 3 heteroatoms. The second kappa shape index (κ2) is 2.93. The molecule has 1 aliphatic rings. The van der Waals surface area contributed by atoms with Gasteiger partial charge in [-0.25, -0.2) is 0 Å². The number of rotatable bonds is 2. The van der Waals surface area contributed by atoms with E-state index in [1.165, 1.54) is 0 Å². The molecule has 1 fully saturated rings. The van der Waals surface area contributed by atoms with Crippen molar-refractivity contribution in [3.63, 3.8) is 0 Å². The molecule has 4 atom stereocenters. The van der Waals surface area contributed by atoms with Crippen molar-refractivity contribution in [3.8, 4) is 0 Å². The van der Waals surface area contributed by atoms with Gasteiger partial charge < -0.3 is 9.84 Å². The van der Waals surface area contributed by atoms with Crippen molar-refractivity contribution in [1.82, 2.24) is 0 Å². The Morgan fingerprint density at radius 3 is 2.60 bits per heavy atom. The molecule has 0 aromatic heterocycles. The smallest absolute Gasteiger partial charge is 0.139 e. The van der Waals surface area contributed by atoms with E-state index >= 15 is 0 Å². The number of hydrogen-bond acceptors (Lipinski definition) is 2. The molecule has 2 nitrogen and oxygen atoms in total. The maximum atomic E-state index is 8.88. The summed E-state index contributed by atoms with van der Waals surface area (Å²) < 4.78 is 12.6. The van der Waals surface area contributed by atoms with Crippen molar-refractivity contribution in [2.24, 2.45) is 11.8 Å². The summed E-state index contributed by atoms with van der Waals surface area (Å²) in [5.74, 6) is 0.792. The molecule has 1 saturated heterocycles. The van der Waals surface area contributed by atoms with Crippen LogP contribution in [0, 0.1) is 11.8 Å². The molecule has 0 spiro atoms. The van der Waals surface area contributed by atoms with E-state index in [9.17, 15) is 0 Å². The first kappa shape index (κ1) is 6.68. The zero-order valence-electron chi connectivity index (χ0n) is 7.58. The number of aliphatic hydroxyl groups is 1. The molecule has 0 saturated carbocycles. The monoisotopic (exact) mass is 143 g/mol. The fraction of sp³-hybridized carbons (Fsp3) is 1.00. The maximum Gasteiger partial charge on any atom is 0.139 e. The van der Waals surface area contributed by atoms with E-state index in [2.05, 4.69) is 13.8 Å². The van der Waals surface area contributed by atoms with Crippen molar-refractivity contribution < 1.29 is 9.84 Å². The van der Waals surface area contributed by atoms with Crippen molar-refractivity contribution in [3.05, 3.63) is 0 Å². The van der Waals surface area contributed by atoms with Crippen LogP contribution in [-0.4, -0.2) is 33.0 Å². The average Bonchev–Trinajstić information content (AvgIpc) is 2.30. The van der Waals surface area contributed by atoms with E-state index in [4.69, 9.17) is 11.2 Å². The Morgan fingerprint density at radius 1 is 1.60 bits per heavy atom. The van der Waals surface area contributed by atoms with Crippen molar-refractivity contribution in [1.29, 1.82) is 1.34 Å². The predicted molar refractivity (Wildman–Crippen MR) is 42.6 cm³/mol. The Labute approximate surface area is 64.3 Å². The molecule has 0 radical (unpaired) electrons. The van der Waals surface area contributed by atoms with Crippen LogP contribution in [0.4, 0.5) is 0 Å². The lowest BCUT2D eigenvalue weighted by Crippen LogP contribution is -2.19. The molecule has 0 aliphatic carbocycles. The van der Waals surface area contributed by atoms with Crippen LogP contribution in [0.3, 0.4) is 0 Å². The van der Waals surface area contributed by atoms with E-state index in [0.717, 1.165) is 0 Å². The normalized spacial score (nSPS) is 48.9. The van der Waals surface area contributed by atoms with Crippen LogP contribution in [0.5, 0.6) is 0 Å². The average molecular weight is 143 g/mol. The Morgan fingerprint density at radius 2 is 2.30 bits per heavy atom. The number of hydrogen-bond donors (Lipinski definition) is 1. The summed E-state index contributed by atoms with van der Waals surface area (Å²) >= 11 is 0. The Balaban J connectivity index is 2.53. The summed E-state index contributed by atoms with van der Waals surface area (Å²) in [5, 5.41) is 8.88. The molecule has 0 bridgehead atoms. The van der Waals surface area contributed by atoms with E-state index in [1.54, 1.807) is 0 Å². The SMILES string of the molecule is [2H]B[C@@H]1O[C@H](CO)C(C)C1C. The molecular formula is C7H15BO2. The van der Waals surface area contributed by atoms with Gasteiger partial charge in [-0.05, 0) is 13.2 Å². The van der Waals surface area contributed by atoms with Crippen LogP contribution in [0.2, 0.25) is 0 Å². The molecular weight excluding hydrogens is 127 g/mol. The topological polar surface area (TPSA) is 29.5 Å². The molecule has 1 heterocycles. The highest BCUT2D eigenvalue weighted by molar-refractivity contribution is 6.11. The third-order valence-corrected chi connectivity index (χ3v) is 2.53. The highest BCUT2D eigenvalue weighted by atomic mass is 16.5. The van der Waals surface area contributed by atoms with Crippen molar-refractivity contribution in [2.45, 2.75) is 26.0 Å². The first-order valence-corrected chi connectivity index (χ1v) is 3.76. The van der Waals surface area contributed by atoms with Gasteiger partial charge in [0.1, 0.15) is 7.81 Å². The van der Waals surface area contributed by atoms with Crippen molar-refractivity contribution in [2.75, 3.05) is 6.61 Å². The van der Waals surface area contributed by atoms with Gasteiger partial charge in [-0.2, -0.15) is 0 Å². The largest absolute Gasteiger partial charge is 0.394 e. The molecule has 10 heavy (non-hydrogen) atoms. The van der Waals surface area contributed by atoms with E-state index in [0.29, 0.717) is 19.6 Å². The Bertz CT molecular complexity index is 116. The fourth-order valence-electron chi connectivity index (χ4n) is 1.36. The summed E-state index contributed by atoms with van der Waals surface area (Å²) in [5.41, 5.74) is 0. The summed E-state index contributed by atoms with van der Waals surface area (Å²) in [7, 11) is 0.308. The summed E-state index contributed by atoms with van der Waals surface area (Å²) in [6.45, 7) is 4.24.